The van der Waals surface area contributed by atoms with E-state index in [0.29, 0.717) is 18.9 Å². The van der Waals surface area contributed by atoms with Crippen LogP contribution in [-0.4, -0.2) is 55.8 Å². The molecule has 0 unspecified atom stereocenters. The summed E-state index contributed by atoms with van der Waals surface area (Å²) in [5.41, 5.74) is 2.10. The second kappa shape index (κ2) is 6.88. The highest BCUT2D eigenvalue weighted by Gasteiger charge is 2.27. The van der Waals surface area contributed by atoms with Gasteiger partial charge >= 0.3 is 0 Å². The zero-order valence-electron chi connectivity index (χ0n) is 13.9. The minimum Gasteiger partial charge on any atom is -0.340 e. The molecule has 1 N–H and O–H groups in total. The topological polar surface area (TPSA) is 65.5 Å². The Bertz CT molecular complexity index is 780. The molecule has 1 aliphatic rings. The van der Waals surface area contributed by atoms with Crippen molar-refractivity contribution >= 4 is 21.5 Å². The average Bonchev–Trinajstić information content (AvgIpc) is 2.58. The van der Waals surface area contributed by atoms with Gasteiger partial charge in [0.2, 0.25) is 10.0 Å². The minimum atomic E-state index is -3.46. The number of nitrogens with zero attached hydrogens (tertiary/aromatic N) is 3. The van der Waals surface area contributed by atoms with E-state index in [1.54, 1.807) is 12.1 Å². The van der Waals surface area contributed by atoms with Crippen LogP contribution in [0.25, 0.3) is 0 Å². The molecule has 0 radical (unpaired) electrons. The van der Waals surface area contributed by atoms with Gasteiger partial charge < -0.3 is 10.2 Å². The normalized spacial score (nSPS) is 16.9. The van der Waals surface area contributed by atoms with E-state index in [4.69, 9.17) is 0 Å². The van der Waals surface area contributed by atoms with Crippen molar-refractivity contribution in [2.75, 3.05) is 38.5 Å². The number of aromatic nitrogens is 1. The number of aryl methyl sites for hydroxylation is 1. The van der Waals surface area contributed by atoms with E-state index in [1.165, 1.54) is 16.1 Å². The molecule has 24 heavy (non-hydrogen) atoms. The van der Waals surface area contributed by atoms with Gasteiger partial charge in [0, 0.05) is 38.1 Å². The zero-order valence-corrected chi connectivity index (χ0v) is 14.8. The molecule has 0 saturated carbocycles. The molecule has 0 atom stereocenters. The summed E-state index contributed by atoms with van der Waals surface area (Å²) in [4.78, 5) is 6.61. The molecule has 7 heteroatoms. The molecule has 6 nitrogen and oxygen atoms in total. The molecular formula is C17H22N4O2S. The first-order valence-electron chi connectivity index (χ1n) is 7.93. The summed E-state index contributed by atoms with van der Waals surface area (Å²) in [6.07, 6.45) is 1.42. The summed E-state index contributed by atoms with van der Waals surface area (Å²) in [7, 11) is -1.47. The van der Waals surface area contributed by atoms with Crippen molar-refractivity contribution in [2.24, 2.45) is 0 Å². The molecule has 0 bridgehead atoms. The summed E-state index contributed by atoms with van der Waals surface area (Å²) in [6.45, 7) is 4.56. The Morgan fingerprint density at radius 2 is 1.67 bits per heavy atom. The van der Waals surface area contributed by atoms with Crippen LogP contribution in [-0.2, 0) is 10.0 Å². The van der Waals surface area contributed by atoms with Crippen molar-refractivity contribution in [1.29, 1.82) is 0 Å². The van der Waals surface area contributed by atoms with E-state index >= 15 is 0 Å². The van der Waals surface area contributed by atoms with Crippen LogP contribution >= 0.6 is 0 Å². The number of benzene rings is 1. The molecule has 0 amide bonds. The number of hydrogen-bond acceptors (Lipinski definition) is 5. The van der Waals surface area contributed by atoms with Crippen molar-refractivity contribution in [3.8, 4) is 0 Å². The molecule has 1 fully saturated rings. The van der Waals surface area contributed by atoms with Gasteiger partial charge in [0.1, 0.15) is 10.7 Å². The van der Waals surface area contributed by atoms with Crippen LogP contribution < -0.4 is 5.32 Å². The fourth-order valence-corrected chi connectivity index (χ4v) is 3.94. The van der Waals surface area contributed by atoms with E-state index < -0.39 is 10.0 Å². The van der Waals surface area contributed by atoms with E-state index in [2.05, 4.69) is 15.2 Å². The lowest BCUT2D eigenvalue weighted by atomic mass is 10.2. The van der Waals surface area contributed by atoms with Crippen molar-refractivity contribution in [3.63, 3.8) is 0 Å². The van der Waals surface area contributed by atoms with Crippen LogP contribution in [0.2, 0.25) is 0 Å². The predicted octanol–water partition coefficient (Wildman–Crippen LogP) is 2.07. The highest BCUT2D eigenvalue weighted by atomic mass is 32.2. The maximum absolute atomic E-state index is 12.6. The zero-order chi connectivity index (χ0) is 17.2. The van der Waals surface area contributed by atoms with Gasteiger partial charge in [0.25, 0.3) is 0 Å². The maximum atomic E-state index is 12.6. The summed E-state index contributed by atoms with van der Waals surface area (Å²) in [5.74, 6) is 0.621. The van der Waals surface area contributed by atoms with Crippen LogP contribution in [0.1, 0.15) is 5.56 Å². The van der Waals surface area contributed by atoms with Crippen molar-refractivity contribution in [1.82, 2.24) is 14.2 Å². The molecule has 1 aromatic heterocycles. The third kappa shape index (κ3) is 3.75. The standard InChI is InChI=1S/C17H22N4O2S/c1-14-3-5-15(6-4-14)19-17-8-7-16(13-18-17)24(22,23)21-11-9-20(2)10-12-21/h3-8,13H,9-12H2,1-2H3,(H,18,19). The fourth-order valence-electron chi connectivity index (χ4n) is 2.57. The van der Waals surface area contributed by atoms with Gasteiger partial charge in [-0.3, -0.25) is 0 Å². The molecule has 2 aromatic rings. The Labute approximate surface area is 143 Å². The number of pyridine rings is 1. The molecule has 2 heterocycles. The van der Waals surface area contributed by atoms with Gasteiger partial charge in [-0.25, -0.2) is 13.4 Å². The third-order valence-electron chi connectivity index (χ3n) is 4.16. The first-order valence-corrected chi connectivity index (χ1v) is 9.37. The predicted molar refractivity (Wildman–Crippen MR) is 95.0 cm³/mol. The largest absolute Gasteiger partial charge is 0.340 e. The first-order chi connectivity index (χ1) is 11.4. The Balaban J connectivity index is 1.72. The van der Waals surface area contributed by atoms with Gasteiger partial charge in [-0.05, 0) is 38.2 Å². The van der Waals surface area contributed by atoms with E-state index in [9.17, 15) is 8.42 Å². The van der Waals surface area contributed by atoms with Crippen LogP contribution in [0.15, 0.2) is 47.5 Å². The molecule has 1 aliphatic heterocycles. The maximum Gasteiger partial charge on any atom is 0.244 e. The lowest BCUT2D eigenvalue weighted by Gasteiger charge is -2.31. The van der Waals surface area contributed by atoms with Gasteiger partial charge in [0.15, 0.2) is 0 Å². The number of nitrogens with one attached hydrogen (secondary N) is 1. The van der Waals surface area contributed by atoms with Gasteiger partial charge in [0.05, 0.1) is 0 Å². The molecule has 0 aliphatic carbocycles. The highest BCUT2D eigenvalue weighted by molar-refractivity contribution is 7.89. The van der Waals surface area contributed by atoms with Crippen LogP contribution in [0.5, 0.6) is 0 Å². The molecule has 3 rings (SSSR count). The summed E-state index contributed by atoms with van der Waals surface area (Å²) in [6, 6.07) is 11.3. The number of likely N-dealkylation sites (N-methyl/N-ethyl adjacent to an activating group) is 1. The van der Waals surface area contributed by atoms with E-state index in [0.717, 1.165) is 18.8 Å². The van der Waals surface area contributed by atoms with Crippen LogP contribution in [0.3, 0.4) is 0 Å². The molecular weight excluding hydrogens is 324 g/mol. The van der Waals surface area contributed by atoms with Crippen molar-refractivity contribution in [3.05, 3.63) is 48.2 Å². The number of sulfonamides is 1. The number of piperazine rings is 1. The summed E-state index contributed by atoms with van der Waals surface area (Å²) >= 11 is 0. The second-order valence-corrected chi connectivity index (χ2v) is 8.02. The number of anilines is 2. The Hall–Kier alpha value is -1.96. The van der Waals surface area contributed by atoms with Gasteiger partial charge in [-0.1, -0.05) is 17.7 Å². The Kier molecular flexibility index (Phi) is 4.84. The summed E-state index contributed by atoms with van der Waals surface area (Å²) in [5, 5.41) is 3.17. The number of rotatable bonds is 4. The number of hydrogen-bond donors (Lipinski definition) is 1. The Morgan fingerprint density at radius 3 is 2.25 bits per heavy atom. The van der Waals surface area contributed by atoms with Crippen molar-refractivity contribution in [2.45, 2.75) is 11.8 Å². The van der Waals surface area contributed by atoms with Gasteiger partial charge in [-0.15, -0.1) is 0 Å². The lowest BCUT2D eigenvalue weighted by Crippen LogP contribution is -2.47. The fraction of sp³-hybridized carbons (Fsp3) is 0.353. The third-order valence-corrected chi connectivity index (χ3v) is 6.04. The van der Waals surface area contributed by atoms with Crippen LogP contribution in [0.4, 0.5) is 11.5 Å². The van der Waals surface area contributed by atoms with E-state index in [1.807, 2.05) is 38.2 Å². The SMILES string of the molecule is Cc1ccc(Nc2ccc(S(=O)(=O)N3CCN(C)CC3)cn2)cc1. The van der Waals surface area contributed by atoms with Crippen molar-refractivity contribution < 1.29 is 8.42 Å². The Morgan fingerprint density at radius 1 is 1.00 bits per heavy atom. The molecule has 1 saturated heterocycles. The molecule has 128 valence electrons. The highest BCUT2D eigenvalue weighted by Crippen LogP contribution is 2.20. The van der Waals surface area contributed by atoms with E-state index in [-0.39, 0.29) is 4.90 Å². The smallest absolute Gasteiger partial charge is 0.244 e. The van der Waals surface area contributed by atoms with Crippen LogP contribution in [0, 0.1) is 6.92 Å². The summed E-state index contributed by atoms with van der Waals surface area (Å²) < 4.78 is 26.8. The monoisotopic (exact) mass is 346 g/mol. The first kappa shape index (κ1) is 16.9. The lowest BCUT2D eigenvalue weighted by molar-refractivity contribution is 0.222. The minimum absolute atomic E-state index is 0.238. The second-order valence-electron chi connectivity index (χ2n) is 6.08. The van der Waals surface area contributed by atoms with Gasteiger partial charge in [-0.2, -0.15) is 4.31 Å². The quantitative estimate of drug-likeness (QED) is 0.918. The molecule has 0 spiro atoms. The molecule has 1 aromatic carbocycles. The average molecular weight is 346 g/mol.